The highest BCUT2D eigenvalue weighted by atomic mass is 16.5. The maximum atomic E-state index is 9.83. The molecule has 0 bridgehead atoms. The summed E-state index contributed by atoms with van der Waals surface area (Å²) in [5.41, 5.74) is 1.58. The molecule has 4 nitrogen and oxygen atoms in total. The lowest BCUT2D eigenvalue weighted by molar-refractivity contribution is 0.125. The Morgan fingerprint density at radius 2 is 2.05 bits per heavy atom. The zero-order chi connectivity index (χ0) is 13.7. The second kappa shape index (κ2) is 6.52. The van der Waals surface area contributed by atoms with Gasteiger partial charge < -0.3 is 20.3 Å². The van der Waals surface area contributed by atoms with Gasteiger partial charge in [0.2, 0.25) is 0 Å². The first-order valence-electron chi connectivity index (χ1n) is 6.33. The summed E-state index contributed by atoms with van der Waals surface area (Å²) in [5, 5.41) is 24.0. The van der Waals surface area contributed by atoms with Crippen molar-refractivity contribution in [3.05, 3.63) is 41.5 Å². The number of aliphatic hydroxyl groups excluding tert-OH is 1. The molecule has 2 rings (SSSR count). The van der Waals surface area contributed by atoms with Crippen molar-refractivity contribution in [1.29, 1.82) is 0 Å². The second-order valence-electron chi connectivity index (χ2n) is 4.43. The molecular weight excluding hydrogens is 242 g/mol. The van der Waals surface area contributed by atoms with E-state index >= 15 is 0 Å². The highest BCUT2D eigenvalue weighted by molar-refractivity contribution is 5.87. The van der Waals surface area contributed by atoms with Gasteiger partial charge in [-0.3, -0.25) is 0 Å². The molecule has 102 valence electrons. The monoisotopic (exact) mass is 261 g/mol. The number of nitrogens with one attached hydrogen (secondary N) is 1. The fourth-order valence-electron chi connectivity index (χ4n) is 2.03. The van der Waals surface area contributed by atoms with E-state index in [1.807, 2.05) is 31.3 Å². The van der Waals surface area contributed by atoms with Gasteiger partial charge in [-0.25, -0.2) is 0 Å². The molecule has 0 heterocycles. The van der Waals surface area contributed by atoms with Crippen LogP contribution in [0.1, 0.15) is 11.1 Å². The van der Waals surface area contributed by atoms with Crippen LogP contribution >= 0.6 is 0 Å². The van der Waals surface area contributed by atoms with Gasteiger partial charge in [0.1, 0.15) is 5.75 Å². The molecule has 4 heteroatoms. The van der Waals surface area contributed by atoms with Crippen LogP contribution in [0.25, 0.3) is 10.8 Å². The summed E-state index contributed by atoms with van der Waals surface area (Å²) in [7, 11) is 1.88. The van der Waals surface area contributed by atoms with E-state index in [2.05, 4.69) is 5.32 Å². The van der Waals surface area contributed by atoms with E-state index in [1.54, 1.807) is 6.07 Å². The maximum absolute atomic E-state index is 9.83. The minimum absolute atomic E-state index is 0.123. The standard InChI is InChI=1S/C15H19NO3/c1-16-5-6-19-10-12-4-2-3-11-7-13(9-17)15(18)8-14(11)12/h2-4,7-8,16-18H,5-6,9-10H2,1H3. The van der Waals surface area contributed by atoms with Gasteiger partial charge in [-0.1, -0.05) is 18.2 Å². The summed E-state index contributed by atoms with van der Waals surface area (Å²) in [4.78, 5) is 0. The van der Waals surface area contributed by atoms with Gasteiger partial charge in [0.05, 0.1) is 19.8 Å². The Bertz CT molecular complexity index is 554. The van der Waals surface area contributed by atoms with Gasteiger partial charge in [-0.15, -0.1) is 0 Å². The molecule has 0 atom stereocenters. The molecule has 0 saturated carbocycles. The molecule has 0 aliphatic carbocycles. The molecule has 3 N–H and O–H groups in total. The molecule has 19 heavy (non-hydrogen) atoms. The largest absolute Gasteiger partial charge is 0.508 e. The normalized spacial score (nSPS) is 11.1. The average Bonchev–Trinajstić information content (AvgIpc) is 2.43. The van der Waals surface area contributed by atoms with E-state index in [4.69, 9.17) is 9.84 Å². The van der Waals surface area contributed by atoms with Crippen molar-refractivity contribution in [3.8, 4) is 5.75 Å². The van der Waals surface area contributed by atoms with Crippen LogP contribution in [-0.4, -0.2) is 30.4 Å². The number of likely N-dealkylation sites (N-methyl/N-ethyl adjacent to an activating group) is 1. The average molecular weight is 261 g/mol. The van der Waals surface area contributed by atoms with Crippen LogP contribution in [0.5, 0.6) is 5.75 Å². The van der Waals surface area contributed by atoms with Crippen molar-refractivity contribution >= 4 is 10.8 Å². The number of phenols is 1. The predicted octanol–water partition coefficient (Wildman–Crippen LogP) is 1.77. The number of benzene rings is 2. The van der Waals surface area contributed by atoms with Crippen LogP contribution in [0.2, 0.25) is 0 Å². The SMILES string of the molecule is CNCCOCc1cccc2cc(CO)c(O)cc12. The summed E-state index contributed by atoms with van der Waals surface area (Å²) in [6.45, 7) is 1.81. The highest BCUT2D eigenvalue weighted by Gasteiger charge is 2.06. The van der Waals surface area contributed by atoms with Crippen molar-refractivity contribution in [2.75, 3.05) is 20.2 Å². The van der Waals surface area contributed by atoms with E-state index in [0.29, 0.717) is 18.8 Å². The molecular formula is C15H19NO3. The smallest absolute Gasteiger partial charge is 0.121 e. The molecule has 2 aromatic rings. The van der Waals surface area contributed by atoms with E-state index in [0.717, 1.165) is 22.9 Å². The third-order valence-electron chi connectivity index (χ3n) is 3.09. The van der Waals surface area contributed by atoms with Crippen LogP contribution < -0.4 is 5.32 Å². The number of ether oxygens (including phenoxy) is 1. The quantitative estimate of drug-likeness (QED) is 0.694. The Balaban J connectivity index is 2.26. The number of aromatic hydroxyl groups is 1. The van der Waals surface area contributed by atoms with Crippen molar-refractivity contribution < 1.29 is 14.9 Å². The molecule has 0 aromatic heterocycles. The maximum Gasteiger partial charge on any atom is 0.121 e. The zero-order valence-electron chi connectivity index (χ0n) is 11.0. The van der Waals surface area contributed by atoms with Gasteiger partial charge in [0, 0.05) is 12.1 Å². The predicted molar refractivity (Wildman–Crippen MR) is 75.1 cm³/mol. The van der Waals surface area contributed by atoms with Crippen LogP contribution in [-0.2, 0) is 18.0 Å². The summed E-state index contributed by atoms with van der Waals surface area (Å²) in [6.07, 6.45) is 0. The fraction of sp³-hybridized carbons (Fsp3) is 0.333. The Hall–Kier alpha value is -1.62. The summed E-state index contributed by atoms with van der Waals surface area (Å²) in [6, 6.07) is 9.40. The summed E-state index contributed by atoms with van der Waals surface area (Å²) in [5.74, 6) is 0.123. The van der Waals surface area contributed by atoms with Crippen molar-refractivity contribution in [2.45, 2.75) is 13.2 Å². The van der Waals surface area contributed by atoms with E-state index in [-0.39, 0.29) is 12.4 Å². The molecule has 0 unspecified atom stereocenters. The fourth-order valence-corrected chi connectivity index (χ4v) is 2.03. The number of aliphatic hydroxyl groups is 1. The van der Waals surface area contributed by atoms with Crippen LogP contribution in [0, 0.1) is 0 Å². The van der Waals surface area contributed by atoms with Crippen LogP contribution in [0.15, 0.2) is 30.3 Å². The van der Waals surface area contributed by atoms with Gasteiger partial charge in [0.15, 0.2) is 0 Å². The minimum atomic E-state index is -0.162. The topological polar surface area (TPSA) is 61.7 Å². The molecule has 0 radical (unpaired) electrons. The first kappa shape index (κ1) is 13.8. The first-order valence-corrected chi connectivity index (χ1v) is 6.33. The Kier molecular flexibility index (Phi) is 4.74. The van der Waals surface area contributed by atoms with Crippen molar-refractivity contribution in [2.24, 2.45) is 0 Å². The van der Waals surface area contributed by atoms with Crippen LogP contribution in [0.3, 0.4) is 0 Å². The molecule has 2 aromatic carbocycles. The second-order valence-corrected chi connectivity index (χ2v) is 4.43. The van der Waals surface area contributed by atoms with Gasteiger partial charge in [-0.2, -0.15) is 0 Å². The van der Waals surface area contributed by atoms with Crippen molar-refractivity contribution in [3.63, 3.8) is 0 Å². The van der Waals surface area contributed by atoms with E-state index in [9.17, 15) is 5.11 Å². The lowest BCUT2D eigenvalue weighted by Crippen LogP contribution is -2.14. The van der Waals surface area contributed by atoms with Gasteiger partial charge >= 0.3 is 0 Å². The molecule has 0 amide bonds. The van der Waals surface area contributed by atoms with Gasteiger partial charge in [0.25, 0.3) is 0 Å². The zero-order valence-corrected chi connectivity index (χ0v) is 11.0. The number of rotatable bonds is 6. The first-order chi connectivity index (χ1) is 9.26. The molecule has 0 aliphatic rings. The number of hydrogen-bond donors (Lipinski definition) is 3. The minimum Gasteiger partial charge on any atom is -0.508 e. The summed E-state index contributed by atoms with van der Waals surface area (Å²) < 4.78 is 5.57. The third-order valence-corrected chi connectivity index (χ3v) is 3.09. The number of hydrogen-bond acceptors (Lipinski definition) is 4. The lowest BCUT2D eigenvalue weighted by Gasteiger charge is -2.10. The van der Waals surface area contributed by atoms with E-state index < -0.39 is 0 Å². The molecule has 0 spiro atoms. The van der Waals surface area contributed by atoms with Crippen molar-refractivity contribution in [1.82, 2.24) is 5.32 Å². The highest BCUT2D eigenvalue weighted by Crippen LogP contribution is 2.27. The molecule has 0 aliphatic heterocycles. The Labute approximate surface area is 112 Å². The lowest BCUT2D eigenvalue weighted by atomic mass is 10.0. The molecule has 0 fully saturated rings. The van der Waals surface area contributed by atoms with Gasteiger partial charge in [-0.05, 0) is 35.5 Å². The van der Waals surface area contributed by atoms with E-state index in [1.165, 1.54) is 0 Å². The Morgan fingerprint density at radius 1 is 1.21 bits per heavy atom. The summed E-state index contributed by atoms with van der Waals surface area (Å²) >= 11 is 0. The molecule has 0 saturated heterocycles. The third kappa shape index (κ3) is 3.23. The Morgan fingerprint density at radius 3 is 2.79 bits per heavy atom. The number of fused-ring (bicyclic) bond motifs is 1. The van der Waals surface area contributed by atoms with Crippen LogP contribution in [0.4, 0.5) is 0 Å².